The van der Waals surface area contributed by atoms with E-state index in [4.69, 9.17) is 4.74 Å². The SMILES string of the molecule is CCC(C)C1NC(=O)C2C(CCN2C(=O)C(C(C)CC)N(C)C)Oc2ccc(cc2)C=CNC1=O. The number of benzene rings is 1. The van der Waals surface area contributed by atoms with Crippen molar-refractivity contribution in [1.82, 2.24) is 20.4 Å². The van der Waals surface area contributed by atoms with Gasteiger partial charge in [-0.15, -0.1) is 0 Å². The van der Waals surface area contributed by atoms with Crippen LogP contribution in [-0.2, 0) is 14.4 Å². The summed E-state index contributed by atoms with van der Waals surface area (Å²) in [6.45, 7) is 8.45. The predicted octanol–water partition coefficient (Wildman–Crippen LogP) is 2.64. The van der Waals surface area contributed by atoms with Gasteiger partial charge in [0.15, 0.2) is 0 Å². The van der Waals surface area contributed by atoms with Gasteiger partial charge in [0, 0.05) is 19.2 Å². The van der Waals surface area contributed by atoms with Crippen LogP contribution in [0.5, 0.6) is 5.75 Å². The minimum atomic E-state index is -0.827. The molecule has 0 aliphatic carbocycles. The molecule has 35 heavy (non-hydrogen) atoms. The van der Waals surface area contributed by atoms with Crippen molar-refractivity contribution in [2.45, 2.75) is 71.2 Å². The molecule has 4 rings (SSSR count). The van der Waals surface area contributed by atoms with Crippen molar-refractivity contribution in [3.05, 3.63) is 36.0 Å². The molecule has 0 radical (unpaired) electrons. The van der Waals surface area contributed by atoms with E-state index in [0.717, 1.165) is 12.0 Å². The van der Waals surface area contributed by atoms with Gasteiger partial charge in [-0.3, -0.25) is 19.3 Å². The van der Waals surface area contributed by atoms with E-state index < -0.39 is 18.2 Å². The number of likely N-dealkylation sites (tertiary alicyclic amines) is 1. The number of hydrogen-bond donors (Lipinski definition) is 2. The lowest BCUT2D eigenvalue weighted by Gasteiger charge is -2.36. The van der Waals surface area contributed by atoms with Crippen molar-refractivity contribution < 1.29 is 19.1 Å². The van der Waals surface area contributed by atoms with E-state index in [-0.39, 0.29) is 35.6 Å². The standard InChI is InChI=1S/C27H40N4O4/c1-7-17(3)22-25(32)28-15-13-19-9-11-20(12-10-19)35-21-14-16-31(24(21)26(33)29-22)27(34)23(30(5)6)18(4)8-2/h9-13,15,17-18,21-24H,7-8,14,16H2,1-6H3,(H,28,32)(H,29,33). The summed E-state index contributed by atoms with van der Waals surface area (Å²) in [4.78, 5) is 44.1. The maximum atomic E-state index is 13.8. The van der Waals surface area contributed by atoms with Crippen molar-refractivity contribution in [2.75, 3.05) is 20.6 Å². The maximum Gasteiger partial charge on any atom is 0.247 e. The number of nitrogens with zero attached hydrogens (tertiary/aromatic N) is 2. The van der Waals surface area contributed by atoms with Gasteiger partial charge in [-0.2, -0.15) is 0 Å². The molecule has 6 atom stereocenters. The van der Waals surface area contributed by atoms with Crippen LogP contribution >= 0.6 is 0 Å². The Bertz CT molecular complexity index is 930. The number of ether oxygens (including phenoxy) is 1. The van der Waals surface area contributed by atoms with Gasteiger partial charge in [0.2, 0.25) is 17.7 Å². The molecule has 2 N–H and O–H groups in total. The number of nitrogens with one attached hydrogen (secondary N) is 2. The smallest absolute Gasteiger partial charge is 0.247 e. The monoisotopic (exact) mass is 484 g/mol. The van der Waals surface area contributed by atoms with E-state index in [9.17, 15) is 14.4 Å². The minimum absolute atomic E-state index is 0.0838. The molecule has 0 aromatic heterocycles. The van der Waals surface area contributed by atoms with E-state index in [2.05, 4.69) is 24.5 Å². The summed E-state index contributed by atoms with van der Waals surface area (Å²) in [5.74, 6) is -0.0445. The highest BCUT2D eigenvalue weighted by Crippen LogP contribution is 2.28. The van der Waals surface area contributed by atoms with Gasteiger partial charge in [0.1, 0.15) is 23.9 Å². The van der Waals surface area contributed by atoms with Gasteiger partial charge in [-0.1, -0.05) is 52.7 Å². The van der Waals surface area contributed by atoms with E-state index in [1.165, 1.54) is 0 Å². The predicted molar refractivity (Wildman–Crippen MR) is 136 cm³/mol. The first-order chi connectivity index (χ1) is 16.7. The molecule has 3 aliphatic rings. The third-order valence-corrected chi connectivity index (χ3v) is 7.35. The van der Waals surface area contributed by atoms with Gasteiger partial charge < -0.3 is 20.3 Å². The normalized spacial score (nSPS) is 25.2. The Morgan fingerprint density at radius 3 is 2.40 bits per heavy atom. The van der Waals surface area contributed by atoms with Crippen LogP contribution in [0.3, 0.4) is 0 Å². The van der Waals surface area contributed by atoms with Crippen LogP contribution < -0.4 is 15.4 Å². The highest BCUT2D eigenvalue weighted by atomic mass is 16.5. The van der Waals surface area contributed by atoms with E-state index in [1.54, 1.807) is 17.2 Å². The lowest BCUT2D eigenvalue weighted by molar-refractivity contribution is -0.145. The molecule has 8 nitrogen and oxygen atoms in total. The van der Waals surface area contributed by atoms with Crippen LogP contribution in [0.15, 0.2) is 30.5 Å². The average molecular weight is 485 g/mol. The zero-order valence-corrected chi connectivity index (χ0v) is 21.8. The third kappa shape index (κ3) is 6.04. The second-order valence-corrected chi connectivity index (χ2v) is 10.00. The molecule has 192 valence electrons. The van der Waals surface area contributed by atoms with Crippen LogP contribution in [0.25, 0.3) is 6.08 Å². The molecule has 0 saturated carbocycles. The largest absolute Gasteiger partial charge is 0.488 e. The molecular weight excluding hydrogens is 444 g/mol. The molecular formula is C27H40N4O4. The zero-order chi connectivity index (χ0) is 25.7. The molecule has 3 aliphatic heterocycles. The average Bonchev–Trinajstić information content (AvgIpc) is 3.25. The molecule has 1 aromatic carbocycles. The minimum Gasteiger partial charge on any atom is -0.488 e. The Balaban J connectivity index is 2.00. The number of amides is 3. The summed E-state index contributed by atoms with van der Waals surface area (Å²) in [5, 5.41) is 5.76. The van der Waals surface area contributed by atoms with Gasteiger partial charge in [0.25, 0.3) is 0 Å². The van der Waals surface area contributed by atoms with Crippen molar-refractivity contribution in [3.8, 4) is 5.75 Å². The summed E-state index contributed by atoms with van der Waals surface area (Å²) in [7, 11) is 3.79. The topological polar surface area (TPSA) is 91.0 Å². The zero-order valence-electron chi connectivity index (χ0n) is 21.8. The first-order valence-corrected chi connectivity index (χ1v) is 12.7. The van der Waals surface area contributed by atoms with Crippen LogP contribution in [0.1, 0.15) is 52.5 Å². The van der Waals surface area contributed by atoms with Crippen LogP contribution in [0.2, 0.25) is 0 Å². The second kappa shape index (κ2) is 11.7. The van der Waals surface area contributed by atoms with E-state index in [1.807, 2.05) is 57.1 Å². The molecule has 3 amide bonds. The maximum absolute atomic E-state index is 13.8. The molecule has 1 fully saturated rings. The number of carbonyl (C=O) groups excluding carboxylic acids is 3. The molecule has 1 saturated heterocycles. The highest BCUT2D eigenvalue weighted by Gasteiger charge is 2.47. The van der Waals surface area contributed by atoms with Crippen LogP contribution in [-0.4, -0.2) is 72.4 Å². The molecule has 2 bridgehead atoms. The van der Waals surface area contributed by atoms with Gasteiger partial charge in [0.05, 0.1) is 6.04 Å². The second-order valence-electron chi connectivity index (χ2n) is 10.00. The Labute approximate surface area is 209 Å². The van der Waals surface area contributed by atoms with Crippen LogP contribution in [0, 0.1) is 11.8 Å². The lowest BCUT2D eigenvalue weighted by Crippen LogP contribution is -2.60. The fourth-order valence-corrected chi connectivity index (χ4v) is 4.89. The summed E-state index contributed by atoms with van der Waals surface area (Å²) in [5.41, 5.74) is 0.918. The lowest BCUT2D eigenvalue weighted by atomic mass is 9.96. The fourth-order valence-electron chi connectivity index (χ4n) is 4.89. The van der Waals surface area contributed by atoms with Gasteiger partial charge >= 0.3 is 0 Å². The first kappa shape index (κ1) is 26.7. The number of hydrogen-bond acceptors (Lipinski definition) is 5. The molecule has 1 aromatic rings. The fraction of sp³-hybridized carbons (Fsp3) is 0.593. The highest BCUT2D eigenvalue weighted by molar-refractivity contribution is 5.94. The molecule has 8 heteroatoms. The summed E-state index contributed by atoms with van der Waals surface area (Å²) in [6, 6.07) is 5.58. The van der Waals surface area contributed by atoms with Crippen molar-refractivity contribution in [3.63, 3.8) is 0 Å². The third-order valence-electron chi connectivity index (χ3n) is 7.35. The van der Waals surface area contributed by atoms with Crippen molar-refractivity contribution in [1.29, 1.82) is 0 Å². The number of carbonyl (C=O) groups is 3. The Hall–Kier alpha value is -2.87. The Kier molecular flexibility index (Phi) is 8.94. The Morgan fingerprint density at radius 2 is 1.80 bits per heavy atom. The van der Waals surface area contributed by atoms with Crippen molar-refractivity contribution in [2.24, 2.45) is 11.8 Å². The quantitative estimate of drug-likeness (QED) is 0.648. The molecule has 6 unspecified atom stereocenters. The number of likely N-dealkylation sites (N-methyl/N-ethyl adjacent to an activating group) is 1. The first-order valence-electron chi connectivity index (χ1n) is 12.7. The van der Waals surface area contributed by atoms with E-state index >= 15 is 0 Å². The summed E-state index contributed by atoms with van der Waals surface area (Å²) in [6.07, 6.45) is 4.98. The number of fused-ring (bicyclic) bond motifs is 7. The molecule has 3 heterocycles. The van der Waals surface area contributed by atoms with Gasteiger partial charge in [-0.05, 0) is 49.7 Å². The number of rotatable bonds is 6. The summed E-state index contributed by atoms with van der Waals surface area (Å²) >= 11 is 0. The van der Waals surface area contributed by atoms with E-state index in [0.29, 0.717) is 25.1 Å². The van der Waals surface area contributed by atoms with Gasteiger partial charge in [-0.25, -0.2) is 0 Å². The molecule has 0 spiro atoms. The van der Waals surface area contributed by atoms with Crippen LogP contribution in [0.4, 0.5) is 0 Å². The summed E-state index contributed by atoms with van der Waals surface area (Å²) < 4.78 is 6.27. The van der Waals surface area contributed by atoms with Crippen molar-refractivity contribution >= 4 is 23.8 Å². The Morgan fingerprint density at radius 1 is 1.11 bits per heavy atom.